The van der Waals surface area contributed by atoms with Crippen LogP contribution < -0.4 is 10.1 Å². The molecule has 0 bridgehead atoms. The summed E-state index contributed by atoms with van der Waals surface area (Å²) in [5, 5.41) is 15.7. The molecule has 1 aliphatic heterocycles. The molecule has 0 saturated heterocycles. The Morgan fingerprint density at radius 2 is 2.22 bits per heavy atom. The Morgan fingerprint density at radius 1 is 1.30 bits per heavy atom. The molecule has 0 radical (unpaired) electrons. The fourth-order valence-corrected chi connectivity index (χ4v) is 3.40. The highest BCUT2D eigenvalue weighted by Gasteiger charge is 2.28. The molecule has 3 heterocycles. The summed E-state index contributed by atoms with van der Waals surface area (Å²) in [6.45, 7) is 3.51. The number of amides is 1. The van der Waals surface area contributed by atoms with Crippen LogP contribution in [0.3, 0.4) is 0 Å². The summed E-state index contributed by atoms with van der Waals surface area (Å²) in [6, 6.07) is 9.86. The van der Waals surface area contributed by atoms with E-state index < -0.39 is 0 Å². The van der Waals surface area contributed by atoms with Crippen LogP contribution in [0.2, 0.25) is 0 Å². The zero-order valence-corrected chi connectivity index (χ0v) is 15.3. The van der Waals surface area contributed by atoms with Crippen LogP contribution in [0.25, 0.3) is 10.9 Å². The van der Waals surface area contributed by atoms with Gasteiger partial charge in [-0.2, -0.15) is 0 Å². The van der Waals surface area contributed by atoms with Crippen LogP contribution in [-0.2, 0) is 11.3 Å². The van der Waals surface area contributed by atoms with Crippen LogP contribution in [0.15, 0.2) is 30.3 Å². The maximum atomic E-state index is 12.6. The van der Waals surface area contributed by atoms with Gasteiger partial charge in [-0.25, -0.2) is 9.67 Å². The average Bonchev–Trinajstić information content (AvgIpc) is 3.04. The van der Waals surface area contributed by atoms with Gasteiger partial charge in [0, 0.05) is 17.6 Å². The Bertz CT molecular complexity index is 954. The molecule has 3 aromatic rings. The van der Waals surface area contributed by atoms with Crippen molar-refractivity contribution in [3.63, 3.8) is 0 Å². The molecule has 1 unspecified atom stereocenters. The molecule has 0 fully saturated rings. The monoisotopic (exact) mass is 366 g/mol. The van der Waals surface area contributed by atoms with E-state index in [-0.39, 0.29) is 11.8 Å². The number of fused-ring (bicyclic) bond motifs is 2. The molecule has 8 nitrogen and oxygen atoms in total. The van der Waals surface area contributed by atoms with Crippen LogP contribution in [-0.4, -0.2) is 44.3 Å². The van der Waals surface area contributed by atoms with Crippen molar-refractivity contribution in [2.45, 2.75) is 38.6 Å². The summed E-state index contributed by atoms with van der Waals surface area (Å²) in [5.41, 5.74) is 1.78. The third kappa shape index (κ3) is 3.74. The van der Waals surface area contributed by atoms with Gasteiger partial charge >= 0.3 is 0 Å². The van der Waals surface area contributed by atoms with Crippen molar-refractivity contribution in [3.8, 4) is 5.75 Å². The molecule has 1 amide bonds. The number of carbonyl (C=O) groups is 1. The number of nitrogens with one attached hydrogen (secondary N) is 1. The van der Waals surface area contributed by atoms with Crippen molar-refractivity contribution in [1.29, 1.82) is 0 Å². The molecule has 0 spiro atoms. The second-order valence-electron chi connectivity index (χ2n) is 6.73. The second-order valence-corrected chi connectivity index (χ2v) is 6.73. The van der Waals surface area contributed by atoms with Gasteiger partial charge < -0.3 is 10.1 Å². The highest BCUT2D eigenvalue weighted by molar-refractivity contribution is 5.84. The molecule has 1 aromatic carbocycles. The molecule has 8 heteroatoms. The number of benzene rings is 1. The fraction of sp³-hybridized carbons (Fsp3) is 0.421. The number of ether oxygens (including phenoxy) is 1. The minimum atomic E-state index is -0.302. The quantitative estimate of drug-likeness (QED) is 0.694. The van der Waals surface area contributed by atoms with E-state index in [1.54, 1.807) is 4.68 Å². The number of tetrazole rings is 1. The molecule has 2 aromatic heterocycles. The second kappa shape index (κ2) is 7.69. The summed E-state index contributed by atoms with van der Waals surface area (Å²) >= 11 is 0. The van der Waals surface area contributed by atoms with Crippen molar-refractivity contribution in [3.05, 3.63) is 41.9 Å². The molecular formula is C19H22N6O2. The van der Waals surface area contributed by atoms with Gasteiger partial charge in [0.25, 0.3) is 0 Å². The van der Waals surface area contributed by atoms with Crippen molar-refractivity contribution >= 4 is 16.8 Å². The van der Waals surface area contributed by atoms with Crippen molar-refractivity contribution < 1.29 is 9.53 Å². The van der Waals surface area contributed by atoms with Crippen LogP contribution in [0.1, 0.15) is 36.7 Å². The maximum absolute atomic E-state index is 12.6. The van der Waals surface area contributed by atoms with Gasteiger partial charge in [-0.3, -0.25) is 4.79 Å². The minimum absolute atomic E-state index is 0.0524. The SMILES string of the molecule is Cc1ccc2cccc(OCCNC(=O)C3CCCCn4nnnc43)c2n1. The van der Waals surface area contributed by atoms with E-state index in [0.29, 0.717) is 19.0 Å². The van der Waals surface area contributed by atoms with E-state index in [9.17, 15) is 4.79 Å². The first-order valence-electron chi connectivity index (χ1n) is 9.25. The van der Waals surface area contributed by atoms with Gasteiger partial charge in [0.1, 0.15) is 17.9 Å². The van der Waals surface area contributed by atoms with Crippen LogP contribution in [0, 0.1) is 6.92 Å². The lowest BCUT2D eigenvalue weighted by Crippen LogP contribution is -2.33. The number of rotatable bonds is 5. The predicted octanol–water partition coefficient (Wildman–Crippen LogP) is 1.99. The third-order valence-corrected chi connectivity index (χ3v) is 4.78. The topological polar surface area (TPSA) is 94.8 Å². The number of hydrogen-bond donors (Lipinski definition) is 1. The summed E-state index contributed by atoms with van der Waals surface area (Å²) in [7, 11) is 0. The highest BCUT2D eigenvalue weighted by Crippen LogP contribution is 2.25. The summed E-state index contributed by atoms with van der Waals surface area (Å²) in [5.74, 6) is 1.02. The molecule has 1 atom stereocenters. The number of carbonyl (C=O) groups excluding carboxylic acids is 1. The zero-order valence-electron chi connectivity index (χ0n) is 15.3. The number of pyridine rings is 1. The highest BCUT2D eigenvalue weighted by atomic mass is 16.5. The standard InChI is InChI=1S/C19H22N6O2/c1-13-8-9-14-5-4-7-16(17(14)21-13)27-12-10-20-19(26)15-6-2-3-11-25-18(15)22-23-24-25/h4-5,7-9,15H,2-3,6,10-12H2,1H3,(H,20,26). The number of aryl methyl sites for hydroxylation is 2. The first kappa shape index (κ1) is 17.4. The Morgan fingerprint density at radius 3 is 3.15 bits per heavy atom. The average molecular weight is 366 g/mol. The Labute approximate surface area is 156 Å². The molecular weight excluding hydrogens is 344 g/mol. The van der Waals surface area contributed by atoms with E-state index in [1.165, 1.54) is 0 Å². The van der Waals surface area contributed by atoms with Gasteiger partial charge in [0.15, 0.2) is 5.82 Å². The van der Waals surface area contributed by atoms with Crippen molar-refractivity contribution in [2.75, 3.05) is 13.2 Å². The number of para-hydroxylation sites is 1. The van der Waals surface area contributed by atoms with E-state index in [0.717, 1.165) is 48.2 Å². The van der Waals surface area contributed by atoms with Crippen molar-refractivity contribution in [1.82, 2.24) is 30.5 Å². The van der Waals surface area contributed by atoms with E-state index in [2.05, 4.69) is 25.8 Å². The van der Waals surface area contributed by atoms with Crippen LogP contribution >= 0.6 is 0 Å². The molecule has 1 N–H and O–H groups in total. The van der Waals surface area contributed by atoms with Gasteiger partial charge in [0.05, 0.1) is 12.5 Å². The van der Waals surface area contributed by atoms with Gasteiger partial charge in [-0.1, -0.05) is 24.6 Å². The Balaban J connectivity index is 1.36. The fourth-order valence-electron chi connectivity index (χ4n) is 3.40. The molecule has 27 heavy (non-hydrogen) atoms. The van der Waals surface area contributed by atoms with Gasteiger partial charge in [-0.05, 0) is 42.3 Å². The Hall–Kier alpha value is -3.03. The number of nitrogens with zero attached hydrogens (tertiary/aromatic N) is 5. The molecule has 1 aliphatic rings. The largest absolute Gasteiger partial charge is 0.489 e. The lowest BCUT2D eigenvalue weighted by Gasteiger charge is -2.14. The first-order chi connectivity index (χ1) is 13.2. The van der Waals surface area contributed by atoms with E-state index >= 15 is 0 Å². The van der Waals surface area contributed by atoms with E-state index in [1.807, 2.05) is 37.3 Å². The predicted molar refractivity (Wildman–Crippen MR) is 99.4 cm³/mol. The minimum Gasteiger partial charge on any atom is -0.489 e. The van der Waals surface area contributed by atoms with Crippen LogP contribution in [0.5, 0.6) is 5.75 Å². The lowest BCUT2D eigenvalue weighted by molar-refractivity contribution is -0.123. The maximum Gasteiger partial charge on any atom is 0.230 e. The summed E-state index contributed by atoms with van der Waals surface area (Å²) in [6.07, 6.45) is 2.72. The smallest absolute Gasteiger partial charge is 0.230 e. The van der Waals surface area contributed by atoms with E-state index in [4.69, 9.17) is 4.74 Å². The molecule has 4 rings (SSSR count). The molecule has 140 valence electrons. The lowest BCUT2D eigenvalue weighted by atomic mass is 10.0. The van der Waals surface area contributed by atoms with Gasteiger partial charge in [-0.15, -0.1) is 5.10 Å². The van der Waals surface area contributed by atoms with Crippen molar-refractivity contribution in [2.24, 2.45) is 0 Å². The summed E-state index contributed by atoms with van der Waals surface area (Å²) in [4.78, 5) is 17.1. The Kier molecular flexibility index (Phi) is 4.95. The third-order valence-electron chi connectivity index (χ3n) is 4.78. The van der Waals surface area contributed by atoms with Crippen LogP contribution in [0.4, 0.5) is 0 Å². The molecule has 0 saturated carbocycles. The molecule has 0 aliphatic carbocycles. The number of hydrogen-bond acceptors (Lipinski definition) is 6. The first-order valence-corrected chi connectivity index (χ1v) is 9.25. The van der Waals surface area contributed by atoms with Gasteiger partial charge in [0.2, 0.25) is 5.91 Å². The zero-order chi connectivity index (χ0) is 18.6. The summed E-state index contributed by atoms with van der Waals surface area (Å²) < 4.78 is 7.60. The number of aromatic nitrogens is 5. The normalized spacial score (nSPS) is 16.6.